The van der Waals surface area contributed by atoms with E-state index >= 15 is 8.78 Å². The SMILES string of the molecule is C.NC(=S)c1ccccc1.Nc1nccc(-c2sc(-c3ccccc3)nc2-c2cccc(NS(=O)(=O)c3c(F)cccc3F)c2F)n1.O=C(Cc1ccnc(Cl)n1)c1cccc(NS(=O)(=O)c2c(F)cccc2F)c1F.O=S(=O)(Nc1cccc(-c2nc(-c3ccccc3)sc2-c2ccnc(Cl)n2)c1F)c1c(F)cccc1F. The molecule has 20 nitrogen and oxygen atoms in total. The first-order valence-electron chi connectivity index (χ1n) is 31.8. The third kappa shape index (κ3) is 20.0. The molecule has 9 aromatic carbocycles. The molecule has 5 heterocycles. The zero-order chi connectivity index (χ0) is 80.2. The monoisotopic (exact) mass is 1690 g/mol. The molecule has 5 aromatic heterocycles. The number of thiazole rings is 2. The fourth-order valence-electron chi connectivity index (χ4n) is 10.3. The largest absolute Gasteiger partial charge is 0.389 e. The van der Waals surface area contributed by atoms with E-state index in [4.69, 9.17) is 46.9 Å². The quantitative estimate of drug-likeness (QED) is 0.0217. The molecule has 0 atom stereocenters. The average molecular weight is 1690 g/mol. The molecule has 576 valence electrons. The lowest BCUT2D eigenvalue weighted by Crippen LogP contribution is -2.18. The molecule has 0 unspecified atom stereocenters. The van der Waals surface area contributed by atoms with E-state index in [2.05, 4.69) is 39.9 Å². The summed E-state index contributed by atoms with van der Waals surface area (Å²) in [6.45, 7) is 0. The van der Waals surface area contributed by atoms with E-state index in [1.807, 2.05) is 100 Å². The van der Waals surface area contributed by atoms with Gasteiger partial charge in [-0.2, -0.15) is 0 Å². The second-order valence-corrected chi connectivity index (χ2v) is 30.7. The molecule has 0 amide bonds. The third-order valence-electron chi connectivity index (χ3n) is 15.2. The molecular formula is C76H52Cl2F9N13O7S6. The Kier molecular flexibility index (Phi) is 26.9. The van der Waals surface area contributed by atoms with Crippen molar-refractivity contribution in [2.75, 3.05) is 19.9 Å². The lowest BCUT2D eigenvalue weighted by Gasteiger charge is -2.12. The Bertz CT molecular complexity index is 5920. The Labute approximate surface area is 662 Å². The summed E-state index contributed by atoms with van der Waals surface area (Å²) in [6, 6.07) is 51.5. The molecule has 14 aromatic rings. The lowest BCUT2D eigenvalue weighted by atomic mass is 10.1. The highest BCUT2D eigenvalue weighted by atomic mass is 35.5. The summed E-state index contributed by atoms with van der Waals surface area (Å²) in [7, 11) is -14.4. The van der Waals surface area contributed by atoms with Crippen LogP contribution in [-0.2, 0) is 36.5 Å². The number of ketones is 1. The molecule has 7 N–H and O–H groups in total. The minimum Gasteiger partial charge on any atom is -0.389 e. The van der Waals surface area contributed by atoms with Crippen LogP contribution in [0.1, 0.15) is 29.0 Å². The van der Waals surface area contributed by atoms with Crippen LogP contribution in [0.15, 0.2) is 252 Å². The van der Waals surface area contributed by atoms with Crippen molar-refractivity contribution in [2.24, 2.45) is 5.73 Å². The summed E-state index contributed by atoms with van der Waals surface area (Å²) in [5, 5.41) is 0.997. The van der Waals surface area contributed by atoms with Crippen molar-refractivity contribution in [2.45, 2.75) is 28.5 Å². The maximum atomic E-state index is 15.8. The van der Waals surface area contributed by atoms with Gasteiger partial charge in [0, 0.05) is 46.4 Å². The molecule has 0 radical (unpaired) electrons. The van der Waals surface area contributed by atoms with Crippen LogP contribution in [0.5, 0.6) is 0 Å². The van der Waals surface area contributed by atoms with Gasteiger partial charge in [0.05, 0.1) is 67.3 Å². The van der Waals surface area contributed by atoms with Gasteiger partial charge in [-0.05, 0) is 114 Å². The summed E-state index contributed by atoms with van der Waals surface area (Å²) in [5.74, 6) is -11.8. The number of nitrogen functional groups attached to an aromatic ring is 1. The minimum absolute atomic E-state index is 0. The molecule has 0 saturated carbocycles. The van der Waals surface area contributed by atoms with Gasteiger partial charge in [-0.3, -0.25) is 19.0 Å². The fourth-order valence-corrected chi connectivity index (χ4v) is 16.4. The van der Waals surface area contributed by atoms with Crippen molar-refractivity contribution in [3.63, 3.8) is 0 Å². The van der Waals surface area contributed by atoms with Crippen LogP contribution in [0.2, 0.25) is 10.6 Å². The summed E-state index contributed by atoms with van der Waals surface area (Å²) in [4.78, 5) is 43.0. The first-order valence-corrected chi connectivity index (χ1v) is 39.1. The molecule has 37 heteroatoms. The fraction of sp³-hybridized carbons (Fsp3) is 0.0263. The standard InChI is InChI=1S/C25H14ClF3N4O2S2.C25H16F3N5O2S2.C18H11ClF3N3O3S.C7H7NS.CH4/c26-25-30-13-12-19(31-25)22-21(32-24(36-22)14-6-2-1-3-7-14)15-8-4-11-18(20(15)29)33-37(34,35)23-16(27)9-5-10-17(23)28;26-16-9-5-10-17(27)23(16)37(34,35)33-18-11-4-8-15(20(18)28)21-22(19-12-13-30-25(29)31-19)36-24(32-21)14-6-2-1-3-7-14;19-18-23-8-7-10(24-18)9-15(26)11-3-1-6-14(16(11)22)25-29(27,28)17-12(20)4-2-5-13(17)21;8-7(9)6-4-2-1-3-5-6;/h1-13,33H;1-13,33H,(H2,29,30,31);1-8,25H,9H2;1-5H,(H2,8,9);1H4. The second kappa shape index (κ2) is 36.5. The lowest BCUT2D eigenvalue weighted by molar-refractivity contribution is 0.0988. The number of sulfonamides is 3. The van der Waals surface area contributed by atoms with Gasteiger partial charge in [0.25, 0.3) is 30.1 Å². The maximum Gasteiger partial charge on any atom is 0.267 e. The number of carbonyl (C=O) groups excluding carboxylic acids is 1. The number of benzene rings is 9. The Morgan fingerprint density at radius 1 is 0.416 bits per heavy atom. The Morgan fingerprint density at radius 2 is 0.770 bits per heavy atom. The van der Waals surface area contributed by atoms with Crippen LogP contribution in [0.3, 0.4) is 0 Å². The number of Topliss-reactive ketones (excluding diaryl/α,β-unsaturated/α-hetero) is 1. The van der Waals surface area contributed by atoms with Gasteiger partial charge in [0.15, 0.2) is 37.9 Å². The Morgan fingerprint density at radius 3 is 1.15 bits per heavy atom. The average Bonchev–Trinajstić information content (AvgIpc) is 1.68. The predicted octanol–water partition coefficient (Wildman–Crippen LogP) is 18.3. The number of thiocarbonyl (C=S) groups is 1. The summed E-state index contributed by atoms with van der Waals surface area (Å²) < 4.78 is 212. The summed E-state index contributed by atoms with van der Waals surface area (Å²) >= 11 is 18.8. The van der Waals surface area contributed by atoms with E-state index in [-0.39, 0.29) is 58.6 Å². The number of halogens is 11. The van der Waals surface area contributed by atoms with Gasteiger partial charge in [-0.25, -0.2) is 105 Å². The van der Waals surface area contributed by atoms with Crippen molar-refractivity contribution in [1.82, 2.24) is 39.9 Å². The molecule has 0 bridgehead atoms. The first-order chi connectivity index (χ1) is 53.5. The zero-order valence-electron chi connectivity index (χ0n) is 56.4. The number of hydrogen-bond acceptors (Lipinski definition) is 19. The van der Waals surface area contributed by atoms with E-state index in [1.54, 1.807) is 16.9 Å². The molecule has 0 aliphatic rings. The second-order valence-electron chi connectivity index (χ2n) is 22.8. The number of nitrogens with one attached hydrogen (secondary N) is 3. The van der Waals surface area contributed by atoms with E-state index in [9.17, 15) is 60.8 Å². The highest BCUT2D eigenvalue weighted by Crippen LogP contribution is 2.44. The topological polar surface area (TPSA) is 311 Å². The van der Waals surface area contributed by atoms with Crippen molar-refractivity contribution >= 4 is 122 Å². The highest BCUT2D eigenvalue weighted by Gasteiger charge is 2.31. The molecule has 0 fully saturated rings. The van der Waals surface area contributed by atoms with E-state index in [0.29, 0.717) is 36.1 Å². The van der Waals surface area contributed by atoms with Crippen molar-refractivity contribution in [3.8, 4) is 64.8 Å². The maximum absolute atomic E-state index is 15.8. The van der Waals surface area contributed by atoms with Gasteiger partial charge in [0.2, 0.25) is 16.5 Å². The van der Waals surface area contributed by atoms with Crippen molar-refractivity contribution < 1.29 is 69.6 Å². The van der Waals surface area contributed by atoms with Crippen LogP contribution in [0.25, 0.3) is 64.8 Å². The number of nitrogens with two attached hydrogens (primary N) is 2. The van der Waals surface area contributed by atoms with E-state index < -0.39 is 126 Å². The van der Waals surface area contributed by atoms with E-state index in [0.717, 1.165) is 95.6 Å². The molecule has 14 rings (SSSR count). The number of nitrogens with zero attached hydrogens (tertiary/aromatic N) is 8. The molecule has 0 aliphatic heterocycles. The molecule has 113 heavy (non-hydrogen) atoms. The number of aromatic nitrogens is 8. The summed E-state index contributed by atoms with van der Waals surface area (Å²) in [6.07, 6.45) is 3.90. The Balaban J connectivity index is 0.000000170. The zero-order valence-corrected chi connectivity index (χ0v) is 62.8. The van der Waals surface area contributed by atoms with Gasteiger partial charge in [-0.1, -0.05) is 147 Å². The summed E-state index contributed by atoms with van der Waals surface area (Å²) in [5.41, 5.74) is 12.7. The normalized spacial score (nSPS) is 11.1. The number of anilines is 4. The third-order valence-corrected chi connectivity index (χ3v) is 22.4. The molecular weight excluding hydrogens is 1640 g/mol. The van der Waals surface area contributed by atoms with E-state index in [1.165, 1.54) is 77.7 Å². The number of hydrogen-bond donors (Lipinski definition) is 5. The minimum atomic E-state index is -4.80. The van der Waals surface area contributed by atoms with Gasteiger partial charge in [0.1, 0.15) is 49.9 Å². The van der Waals surface area contributed by atoms with Crippen LogP contribution in [0.4, 0.5) is 62.5 Å². The van der Waals surface area contributed by atoms with Crippen LogP contribution >= 0.6 is 58.1 Å². The van der Waals surface area contributed by atoms with Crippen LogP contribution in [-0.4, -0.2) is 75.9 Å². The molecule has 0 saturated heterocycles. The number of carbonyl (C=O) groups is 1. The smallest absolute Gasteiger partial charge is 0.267 e. The molecule has 0 aliphatic carbocycles. The van der Waals surface area contributed by atoms with Crippen molar-refractivity contribution in [3.05, 3.63) is 317 Å². The van der Waals surface area contributed by atoms with Gasteiger partial charge in [-0.15, -0.1) is 22.7 Å². The Hall–Kier alpha value is -12.0. The van der Waals surface area contributed by atoms with Crippen LogP contribution < -0.4 is 25.6 Å². The highest BCUT2D eigenvalue weighted by molar-refractivity contribution is 7.93. The number of rotatable bonds is 19. The molecule has 0 spiro atoms. The van der Waals surface area contributed by atoms with Gasteiger partial charge >= 0.3 is 0 Å². The van der Waals surface area contributed by atoms with Crippen LogP contribution in [0, 0.1) is 52.4 Å². The first kappa shape index (κ1) is 83.5. The predicted molar refractivity (Wildman–Crippen MR) is 419 cm³/mol. The van der Waals surface area contributed by atoms with Gasteiger partial charge < -0.3 is 11.5 Å². The van der Waals surface area contributed by atoms with Crippen molar-refractivity contribution in [1.29, 1.82) is 0 Å².